The van der Waals surface area contributed by atoms with E-state index in [2.05, 4.69) is 15.3 Å². The fourth-order valence-electron chi connectivity index (χ4n) is 1.66. The van der Waals surface area contributed by atoms with Crippen LogP contribution in [0, 0.1) is 6.92 Å². The molecule has 0 saturated heterocycles. The molecule has 1 unspecified atom stereocenters. The predicted molar refractivity (Wildman–Crippen MR) is 54.2 cm³/mol. The molecule has 1 aromatic heterocycles. The summed E-state index contributed by atoms with van der Waals surface area (Å²) in [5.74, 6) is 1.66. The lowest BCUT2D eigenvalue weighted by atomic mass is 10.2. The predicted octanol–water partition coefficient (Wildman–Crippen LogP) is 0.848. The average molecular weight is 195 g/mol. The standard InChI is InChI=1S/C10H17N3O/c1-6-9(8(14)5-11-2)13-10(12-6)7-3-4-7/h7-8,11,14H,3-5H2,1-2H3,(H,12,13). The number of nitrogens with one attached hydrogen (secondary N) is 2. The molecular weight excluding hydrogens is 178 g/mol. The Hall–Kier alpha value is -0.870. The molecule has 1 aromatic rings. The number of likely N-dealkylation sites (N-methyl/N-ethyl adjacent to an activating group) is 1. The van der Waals surface area contributed by atoms with Crippen molar-refractivity contribution in [2.75, 3.05) is 13.6 Å². The first kappa shape index (κ1) is 9.68. The van der Waals surface area contributed by atoms with Gasteiger partial charge < -0.3 is 15.4 Å². The van der Waals surface area contributed by atoms with Crippen molar-refractivity contribution in [1.82, 2.24) is 15.3 Å². The molecule has 3 N–H and O–H groups in total. The minimum Gasteiger partial charge on any atom is -0.385 e. The summed E-state index contributed by atoms with van der Waals surface area (Å²) in [7, 11) is 1.83. The zero-order chi connectivity index (χ0) is 10.1. The molecule has 0 aliphatic heterocycles. The first-order valence-electron chi connectivity index (χ1n) is 5.11. The normalized spacial score (nSPS) is 18.5. The van der Waals surface area contributed by atoms with Gasteiger partial charge in [0.1, 0.15) is 11.9 Å². The van der Waals surface area contributed by atoms with Crippen LogP contribution in [-0.2, 0) is 0 Å². The third-order valence-corrected chi connectivity index (χ3v) is 2.62. The van der Waals surface area contributed by atoms with Crippen LogP contribution in [0.15, 0.2) is 0 Å². The molecule has 2 rings (SSSR count). The van der Waals surface area contributed by atoms with Crippen molar-refractivity contribution in [3.05, 3.63) is 17.2 Å². The number of hydrogen-bond acceptors (Lipinski definition) is 3. The fourth-order valence-corrected chi connectivity index (χ4v) is 1.66. The molecule has 0 spiro atoms. The molecule has 4 heteroatoms. The number of aliphatic hydroxyl groups is 1. The van der Waals surface area contributed by atoms with Gasteiger partial charge in [0.2, 0.25) is 0 Å². The van der Waals surface area contributed by atoms with Crippen LogP contribution in [0.5, 0.6) is 0 Å². The molecule has 0 radical (unpaired) electrons. The third kappa shape index (κ3) is 1.81. The quantitative estimate of drug-likeness (QED) is 0.667. The van der Waals surface area contributed by atoms with E-state index in [0.29, 0.717) is 12.5 Å². The number of H-pyrrole nitrogens is 1. The number of aliphatic hydroxyl groups excluding tert-OH is 1. The molecule has 14 heavy (non-hydrogen) atoms. The molecular formula is C10H17N3O. The van der Waals surface area contributed by atoms with Gasteiger partial charge in [-0.15, -0.1) is 0 Å². The van der Waals surface area contributed by atoms with Crippen LogP contribution in [0.1, 0.15) is 42.1 Å². The third-order valence-electron chi connectivity index (χ3n) is 2.62. The number of nitrogens with zero attached hydrogens (tertiary/aromatic N) is 1. The zero-order valence-electron chi connectivity index (χ0n) is 8.67. The van der Waals surface area contributed by atoms with Gasteiger partial charge in [0.05, 0.1) is 5.69 Å². The van der Waals surface area contributed by atoms with Gasteiger partial charge in [-0.05, 0) is 26.8 Å². The Morgan fingerprint density at radius 2 is 2.36 bits per heavy atom. The first-order valence-corrected chi connectivity index (χ1v) is 5.11. The van der Waals surface area contributed by atoms with Crippen LogP contribution in [0.2, 0.25) is 0 Å². The minimum atomic E-state index is -0.497. The maximum absolute atomic E-state index is 9.77. The van der Waals surface area contributed by atoms with Gasteiger partial charge in [0.25, 0.3) is 0 Å². The Bertz CT molecular complexity index is 317. The van der Waals surface area contributed by atoms with E-state index in [1.807, 2.05) is 14.0 Å². The highest BCUT2D eigenvalue weighted by Gasteiger charge is 2.28. The highest BCUT2D eigenvalue weighted by atomic mass is 16.3. The van der Waals surface area contributed by atoms with Crippen LogP contribution in [0.4, 0.5) is 0 Å². The van der Waals surface area contributed by atoms with E-state index in [1.165, 1.54) is 12.8 Å². The molecule has 0 aromatic carbocycles. The molecule has 1 fully saturated rings. The fraction of sp³-hybridized carbons (Fsp3) is 0.700. The Kier molecular flexibility index (Phi) is 2.56. The summed E-state index contributed by atoms with van der Waals surface area (Å²) in [6.45, 7) is 2.52. The Labute approximate surface area is 83.8 Å². The average Bonchev–Trinajstić information content (AvgIpc) is 2.91. The van der Waals surface area contributed by atoms with E-state index in [0.717, 1.165) is 17.2 Å². The molecule has 1 aliphatic carbocycles. The summed E-state index contributed by atoms with van der Waals surface area (Å²) in [6.07, 6.45) is 1.96. The molecule has 1 saturated carbocycles. The van der Waals surface area contributed by atoms with Gasteiger partial charge in [-0.3, -0.25) is 0 Å². The SMILES string of the molecule is CNCC(O)c1nc(C2CC2)[nH]c1C. The van der Waals surface area contributed by atoms with Gasteiger partial charge in [-0.2, -0.15) is 0 Å². The van der Waals surface area contributed by atoms with Crippen LogP contribution < -0.4 is 5.32 Å². The minimum absolute atomic E-state index is 0.497. The smallest absolute Gasteiger partial charge is 0.110 e. The van der Waals surface area contributed by atoms with E-state index >= 15 is 0 Å². The van der Waals surface area contributed by atoms with E-state index in [1.54, 1.807) is 0 Å². The van der Waals surface area contributed by atoms with Crippen LogP contribution >= 0.6 is 0 Å². The van der Waals surface area contributed by atoms with Gasteiger partial charge in [0.15, 0.2) is 0 Å². The second-order valence-corrected chi connectivity index (χ2v) is 3.98. The van der Waals surface area contributed by atoms with E-state index in [9.17, 15) is 5.11 Å². The highest BCUT2D eigenvalue weighted by molar-refractivity contribution is 5.20. The van der Waals surface area contributed by atoms with Crippen molar-refractivity contribution in [2.24, 2.45) is 0 Å². The molecule has 1 aliphatic rings. The van der Waals surface area contributed by atoms with Crippen LogP contribution in [-0.4, -0.2) is 28.7 Å². The summed E-state index contributed by atoms with van der Waals surface area (Å²) in [5, 5.41) is 12.7. The molecule has 1 heterocycles. The van der Waals surface area contributed by atoms with Gasteiger partial charge in [0, 0.05) is 18.2 Å². The lowest BCUT2D eigenvalue weighted by molar-refractivity contribution is 0.172. The summed E-state index contributed by atoms with van der Waals surface area (Å²) in [5.41, 5.74) is 1.79. The second-order valence-electron chi connectivity index (χ2n) is 3.98. The van der Waals surface area contributed by atoms with Gasteiger partial charge >= 0.3 is 0 Å². The molecule has 0 amide bonds. The number of hydrogen-bond donors (Lipinski definition) is 3. The van der Waals surface area contributed by atoms with Crippen LogP contribution in [0.3, 0.4) is 0 Å². The topological polar surface area (TPSA) is 60.9 Å². The zero-order valence-corrected chi connectivity index (χ0v) is 8.67. The van der Waals surface area contributed by atoms with Gasteiger partial charge in [-0.25, -0.2) is 4.98 Å². The number of aryl methyl sites for hydroxylation is 1. The number of imidazole rings is 1. The Balaban J connectivity index is 2.15. The van der Waals surface area contributed by atoms with Crippen LogP contribution in [0.25, 0.3) is 0 Å². The summed E-state index contributed by atoms with van der Waals surface area (Å²) < 4.78 is 0. The molecule has 0 bridgehead atoms. The summed E-state index contributed by atoms with van der Waals surface area (Å²) in [4.78, 5) is 7.69. The monoisotopic (exact) mass is 195 g/mol. The lowest BCUT2D eigenvalue weighted by Gasteiger charge is -2.06. The number of aromatic nitrogens is 2. The molecule has 78 valence electrons. The van der Waals surface area contributed by atoms with E-state index in [4.69, 9.17) is 0 Å². The lowest BCUT2D eigenvalue weighted by Crippen LogP contribution is -2.17. The number of aromatic amines is 1. The van der Waals surface area contributed by atoms with Crippen molar-refractivity contribution >= 4 is 0 Å². The molecule has 4 nitrogen and oxygen atoms in total. The van der Waals surface area contributed by atoms with Crippen molar-refractivity contribution in [2.45, 2.75) is 31.8 Å². The Morgan fingerprint density at radius 3 is 2.93 bits per heavy atom. The van der Waals surface area contributed by atoms with Gasteiger partial charge in [-0.1, -0.05) is 0 Å². The summed E-state index contributed by atoms with van der Waals surface area (Å²) >= 11 is 0. The number of rotatable bonds is 4. The maximum Gasteiger partial charge on any atom is 0.110 e. The van der Waals surface area contributed by atoms with Crippen molar-refractivity contribution in [3.8, 4) is 0 Å². The molecule has 1 atom stereocenters. The second kappa shape index (κ2) is 3.71. The maximum atomic E-state index is 9.77. The van der Waals surface area contributed by atoms with Crippen molar-refractivity contribution in [3.63, 3.8) is 0 Å². The largest absolute Gasteiger partial charge is 0.385 e. The highest BCUT2D eigenvalue weighted by Crippen LogP contribution is 2.39. The van der Waals surface area contributed by atoms with E-state index < -0.39 is 6.10 Å². The van der Waals surface area contributed by atoms with Crippen molar-refractivity contribution < 1.29 is 5.11 Å². The Morgan fingerprint density at radius 1 is 1.64 bits per heavy atom. The van der Waals surface area contributed by atoms with E-state index in [-0.39, 0.29) is 0 Å². The first-order chi connectivity index (χ1) is 6.72. The summed E-state index contributed by atoms with van der Waals surface area (Å²) in [6, 6.07) is 0. The van der Waals surface area contributed by atoms with Crippen molar-refractivity contribution in [1.29, 1.82) is 0 Å².